The van der Waals surface area contributed by atoms with Gasteiger partial charge in [0.05, 0.1) is 6.10 Å². The maximum Gasteiger partial charge on any atom is 0.0813 e. The lowest BCUT2D eigenvalue weighted by molar-refractivity contribution is 0.138. The topological polar surface area (TPSA) is 26.7 Å². The summed E-state index contributed by atoms with van der Waals surface area (Å²) in [5.74, 6) is 0. The third-order valence-corrected chi connectivity index (χ3v) is 4.11. The molecule has 1 aromatic rings. The second kappa shape index (κ2) is 9.50. The minimum absolute atomic E-state index is 0.399. The van der Waals surface area contributed by atoms with Crippen LogP contribution in [0.5, 0.6) is 0 Å². The molecule has 114 valence electrons. The first-order valence-corrected chi connectivity index (χ1v) is 8.13. The summed E-state index contributed by atoms with van der Waals surface area (Å²) in [5, 5.41) is 10.3. The van der Waals surface area contributed by atoms with Gasteiger partial charge in [-0.1, -0.05) is 41.1 Å². The molecule has 0 saturated heterocycles. The van der Waals surface area contributed by atoms with Crippen LogP contribution in [0.4, 0.5) is 0 Å². The highest BCUT2D eigenvalue weighted by Gasteiger charge is 2.13. The zero-order valence-corrected chi connectivity index (χ0v) is 14.4. The van der Waals surface area contributed by atoms with Gasteiger partial charge in [-0.3, -0.25) is 0 Å². The van der Waals surface area contributed by atoms with Crippen molar-refractivity contribution < 1.29 is 5.11 Å². The fourth-order valence-corrected chi connectivity index (χ4v) is 2.75. The number of benzene rings is 1. The van der Waals surface area contributed by atoms with Crippen LogP contribution in [0.1, 0.15) is 31.4 Å². The van der Waals surface area contributed by atoms with Crippen molar-refractivity contribution in [1.29, 1.82) is 0 Å². The molecule has 0 aliphatic rings. The summed E-state index contributed by atoms with van der Waals surface area (Å²) in [6.07, 6.45) is 1.53. The lowest BCUT2D eigenvalue weighted by Gasteiger charge is -2.25. The number of halogens is 1. The van der Waals surface area contributed by atoms with Crippen LogP contribution in [0, 0.1) is 0 Å². The van der Waals surface area contributed by atoms with Crippen LogP contribution in [0.25, 0.3) is 0 Å². The Morgan fingerprint density at radius 3 is 2.40 bits per heavy atom. The average molecular weight is 343 g/mol. The standard InChI is InChI=1S/C16H27BrN2O/c1-4-10-19(13-12-18(2)3)11-9-16(20)14-7-5-6-8-15(14)17/h5-8,16,20H,4,9-13H2,1-3H3. The van der Waals surface area contributed by atoms with E-state index in [4.69, 9.17) is 0 Å². The zero-order valence-electron chi connectivity index (χ0n) is 12.8. The molecule has 3 nitrogen and oxygen atoms in total. The van der Waals surface area contributed by atoms with Gasteiger partial charge in [0, 0.05) is 24.1 Å². The number of aliphatic hydroxyl groups excluding tert-OH is 1. The van der Waals surface area contributed by atoms with E-state index < -0.39 is 6.10 Å². The normalized spacial score (nSPS) is 13.2. The van der Waals surface area contributed by atoms with Crippen LogP contribution in [-0.4, -0.2) is 55.2 Å². The molecule has 0 spiro atoms. The van der Waals surface area contributed by atoms with Crippen molar-refractivity contribution >= 4 is 15.9 Å². The smallest absolute Gasteiger partial charge is 0.0813 e. The van der Waals surface area contributed by atoms with Gasteiger partial charge in [0.15, 0.2) is 0 Å². The second-order valence-corrected chi connectivity index (χ2v) is 6.33. The number of hydrogen-bond donors (Lipinski definition) is 1. The molecule has 0 aliphatic carbocycles. The van der Waals surface area contributed by atoms with Gasteiger partial charge < -0.3 is 14.9 Å². The minimum Gasteiger partial charge on any atom is -0.388 e. The Morgan fingerprint density at radius 2 is 1.80 bits per heavy atom. The summed E-state index contributed by atoms with van der Waals surface area (Å²) in [7, 11) is 4.19. The largest absolute Gasteiger partial charge is 0.388 e. The van der Waals surface area contributed by atoms with E-state index in [0.717, 1.165) is 49.1 Å². The Bertz CT molecular complexity index is 384. The first-order chi connectivity index (χ1) is 9.54. The lowest BCUT2D eigenvalue weighted by Crippen LogP contribution is -2.33. The molecule has 1 N–H and O–H groups in total. The monoisotopic (exact) mass is 342 g/mol. The van der Waals surface area contributed by atoms with E-state index in [1.165, 1.54) is 0 Å². The summed E-state index contributed by atoms with van der Waals surface area (Å²) < 4.78 is 0.989. The predicted octanol–water partition coefficient (Wildman–Crippen LogP) is 3.15. The van der Waals surface area contributed by atoms with Crippen LogP contribution < -0.4 is 0 Å². The van der Waals surface area contributed by atoms with E-state index in [0.29, 0.717) is 0 Å². The van der Waals surface area contributed by atoms with Gasteiger partial charge in [0.25, 0.3) is 0 Å². The van der Waals surface area contributed by atoms with Crippen molar-refractivity contribution in [3.63, 3.8) is 0 Å². The Balaban J connectivity index is 2.47. The summed E-state index contributed by atoms with van der Waals surface area (Å²) in [5.41, 5.74) is 0.983. The van der Waals surface area contributed by atoms with Crippen molar-refractivity contribution in [3.8, 4) is 0 Å². The Hall–Kier alpha value is -0.420. The van der Waals surface area contributed by atoms with Gasteiger partial charge >= 0.3 is 0 Å². The van der Waals surface area contributed by atoms with Crippen molar-refractivity contribution in [3.05, 3.63) is 34.3 Å². The quantitative estimate of drug-likeness (QED) is 0.746. The van der Waals surface area contributed by atoms with Crippen LogP contribution in [0.15, 0.2) is 28.7 Å². The van der Waals surface area contributed by atoms with Crippen molar-refractivity contribution in [2.75, 3.05) is 40.3 Å². The van der Waals surface area contributed by atoms with Gasteiger partial charge in [0.1, 0.15) is 0 Å². The van der Waals surface area contributed by atoms with Crippen molar-refractivity contribution in [2.24, 2.45) is 0 Å². The molecule has 1 atom stereocenters. The SMILES string of the molecule is CCCN(CCC(O)c1ccccc1Br)CCN(C)C. The Labute approximate surface area is 131 Å². The van der Waals surface area contributed by atoms with Gasteiger partial charge in [-0.15, -0.1) is 0 Å². The molecular weight excluding hydrogens is 316 g/mol. The highest BCUT2D eigenvalue weighted by atomic mass is 79.9. The van der Waals surface area contributed by atoms with Gasteiger partial charge in [-0.25, -0.2) is 0 Å². The van der Waals surface area contributed by atoms with E-state index in [9.17, 15) is 5.11 Å². The Morgan fingerprint density at radius 1 is 1.10 bits per heavy atom. The van der Waals surface area contributed by atoms with Crippen LogP contribution in [0.2, 0.25) is 0 Å². The highest BCUT2D eigenvalue weighted by molar-refractivity contribution is 9.10. The molecule has 0 saturated carbocycles. The summed E-state index contributed by atoms with van der Waals surface area (Å²) >= 11 is 3.50. The minimum atomic E-state index is -0.399. The number of rotatable bonds is 9. The number of likely N-dealkylation sites (N-methyl/N-ethyl adjacent to an activating group) is 1. The van der Waals surface area contributed by atoms with E-state index >= 15 is 0 Å². The number of nitrogens with zero attached hydrogens (tertiary/aromatic N) is 2. The Kier molecular flexibility index (Phi) is 8.38. The van der Waals surface area contributed by atoms with E-state index in [-0.39, 0.29) is 0 Å². The van der Waals surface area contributed by atoms with Crippen LogP contribution in [-0.2, 0) is 0 Å². The maximum atomic E-state index is 10.3. The highest BCUT2D eigenvalue weighted by Crippen LogP contribution is 2.25. The van der Waals surface area contributed by atoms with E-state index in [1.807, 2.05) is 24.3 Å². The zero-order chi connectivity index (χ0) is 15.0. The summed E-state index contributed by atoms with van der Waals surface area (Å²) in [6.45, 7) is 6.35. The summed E-state index contributed by atoms with van der Waals surface area (Å²) in [6, 6.07) is 7.91. The van der Waals surface area contributed by atoms with Crippen LogP contribution in [0.3, 0.4) is 0 Å². The van der Waals surface area contributed by atoms with Crippen LogP contribution >= 0.6 is 15.9 Å². The number of hydrogen-bond acceptors (Lipinski definition) is 3. The first kappa shape index (κ1) is 17.6. The molecule has 4 heteroatoms. The molecule has 1 aromatic carbocycles. The fourth-order valence-electron chi connectivity index (χ4n) is 2.20. The molecule has 0 aromatic heterocycles. The number of aliphatic hydroxyl groups is 1. The molecule has 0 bridgehead atoms. The lowest BCUT2D eigenvalue weighted by atomic mass is 10.1. The van der Waals surface area contributed by atoms with Gasteiger partial charge in [-0.05, 0) is 45.1 Å². The molecule has 0 fully saturated rings. The molecule has 0 amide bonds. The second-order valence-electron chi connectivity index (χ2n) is 5.47. The molecule has 1 rings (SSSR count). The van der Waals surface area contributed by atoms with Gasteiger partial charge in [-0.2, -0.15) is 0 Å². The summed E-state index contributed by atoms with van der Waals surface area (Å²) in [4.78, 5) is 4.63. The van der Waals surface area contributed by atoms with Gasteiger partial charge in [0.2, 0.25) is 0 Å². The molecule has 0 radical (unpaired) electrons. The average Bonchev–Trinajstić information content (AvgIpc) is 2.42. The first-order valence-electron chi connectivity index (χ1n) is 7.34. The van der Waals surface area contributed by atoms with Crippen molar-refractivity contribution in [1.82, 2.24) is 9.80 Å². The molecule has 0 heterocycles. The fraction of sp³-hybridized carbons (Fsp3) is 0.625. The predicted molar refractivity (Wildman–Crippen MR) is 89.0 cm³/mol. The molecule has 1 unspecified atom stereocenters. The third kappa shape index (κ3) is 6.35. The molecule has 20 heavy (non-hydrogen) atoms. The van der Waals surface area contributed by atoms with Crippen molar-refractivity contribution in [2.45, 2.75) is 25.9 Å². The van der Waals surface area contributed by atoms with E-state index in [2.05, 4.69) is 46.7 Å². The maximum absolute atomic E-state index is 10.3. The molecule has 0 aliphatic heterocycles. The third-order valence-electron chi connectivity index (χ3n) is 3.39. The molecular formula is C16H27BrN2O. The van der Waals surface area contributed by atoms with E-state index in [1.54, 1.807) is 0 Å².